The summed E-state index contributed by atoms with van der Waals surface area (Å²) in [6.45, 7) is 4.37. The summed E-state index contributed by atoms with van der Waals surface area (Å²) in [6, 6.07) is 11.0. The highest BCUT2D eigenvalue weighted by molar-refractivity contribution is 5.74. The molecule has 0 unspecified atom stereocenters. The van der Waals surface area contributed by atoms with Crippen LogP contribution in [0.2, 0.25) is 0 Å². The van der Waals surface area contributed by atoms with Crippen LogP contribution in [0.1, 0.15) is 44.1 Å². The maximum Gasteiger partial charge on any atom is 0.317 e. The lowest BCUT2D eigenvalue weighted by atomic mass is 9.85. The van der Waals surface area contributed by atoms with Crippen LogP contribution in [0.4, 0.5) is 4.79 Å². The van der Waals surface area contributed by atoms with Crippen molar-refractivity contribution in [3.63, 3.8) is 0 Å². The third kappa shape index (κ3) is 4.55. The number of carbonyl (C=O) groups is 2. The number of carboxylic acid groups (broad SMARTS) is 1. The van der Waals surface area contributed by atoms with Crippen LogP contribution in [0.15, 0.2) is 30.3 Å². The van der Waals surface area contributed by atoms with Gasteiger partial charge in [0.05, 0.1) is 6.54 Å². The number of rotatable bonds is 6. The fourth-order valence-corrected chi connectivity index (χ4v) is 4.08. The molecule has 0 spiro atoms. The molecule has 2 fully saturated rings. The summed E-state index contributed by atoms with van der Waals surface area (Å²) >= 11 is 0. The lowest BCUT2D eigenvalue weighted by molar-refractivity contribution is -0.139. The van der Waals surface area contributed by atoms with Crippen LogP contribution >= 0.6 is 0 Å². The molecule has 1 saturated carbocycles. The monoisotopic (exact) mass is 359 g/mol. The predicted molar refractivity (Wildman–Crippen MR) is 100 cm³/mol. The van der Waals surface area contributed by atoms with Crippen LogP contribution in [-0.4, -0.2) is 65.2 Å². The summed E-state index contributed by atoms with van der Waals surface area (Å²) in [5.41, 5.74) is 1.37. The maximum absolute atomic E-state index is 12.5. The van der Waals surface area contributed by atoms with E-state index in [1.807, 2.05) is 22.8 Å². The van der Waals surface area contributed by atoms with Crippen molar-refractivity contribution in [1.29, 1.82) is 0 Å². The number of nitrogens with one attached hydrogen (secondary N) is 1. The van der Waals surface area contributed by atoms with Crippen molar-refractivity contribution in [1.82, 2.24) is 15.1 Å². The number of benzene rings is 1. The molecule has 0 radical (unpaired) electrons. The molecule has 0 aromatic heterocycles. The lowest BCUT2D eigenvalue weighted by Crippen LogP contribution is -2.57. The Balaban J connectivity index is 1.40. The molecule has 3 rings (SSSR count). The van der Waals surface area contributed by atoms with Crippen LogP contribution in [0.5, 0.6) is 0 Å². The summed E-state index contributed by atoms with van der Waals surface area (Å²) in [5.74, 6) is -0.247. The topological polar surface area (TPSA) is 72.9 Å². The summed E-state index contributed by atoms with van der Waals surface area (Å²) in [4.78, 5) is 27.3. The van der Waals surface area contributed by atoms with Crippen molar-refractivity contribution in [2.45, 2.75) is 50.6 Å². The van der Waals surface area contributed by atoms with Crippen LogP contribution in [0.3, 0.4) is 0 Å². The highest BCUT2D eigenvalue weighted by Crippen LogP contribution is 2.29. The number of nitrogens with zero attached hydrogens (tertiary/aromatic N) is 2. The van der Waals surface area contributed by atoms with Gasteiger partial charge in [-0.15, -0.1) is 0 Å². The van der Waals surface area contributed by atoms with Gasteiger partial charge < -0.3 is 15.3 Å². The van der Waals surface area contributed by atoms with E-state index in [9.17, 15) is 9.59 Å². The number of hydrogen-bond donors (Lipinski definition) is 2. The molecule has 1 aliphatic heterocycles. The molecule has 6 heteroatoms. The molecule has 26 heavy (non-hydrogen) atoms. The molecule has 1 aromatic rings. The van der Waals surface area contributed by atoms with Gasteiger partial charge in [0.15, 0.2) is 0 Å². The van der Waals surface area contributed by atoms with Crippen molar-refractivity contribution in [3.05, 3.63) is 35.9 Å². The number of piperidine rings is 1. The number of urea groups is 1. The van der Waals surface area contributed by atoms with E-state index in [0.29, 0.717) is 5.92 Å². The first-order valence-corrected chi connectivity index (χ1v) is 9.63. The molecular formula is C20H29N3O3. The molecule has 1 heterocycles. The van der Waals surface area contributed by atoms with Crippen molar-refractivity contribution in [2.75, 3.05) is 26.2 Å². The summed E-state index contributed by atoms with van der Waals surface area (Å²) in [7, 11) is 0. The van der Waals surface area contributed by atoms with Gasteiger partial charge in [-0.2, -0.15) is 0 Å². The molecule has 1 aliphatic carbocycles. The molecule has 0 bridgehead atoms. The standard InChI is InChI=1S/C20H29N3O3/c1-2-22(14-19(24)25)18-12-17(13-18)21-20(26)23-10-8-16(9-11-23)15-6-4-3-5-7-15/h3-7,16-18H,2,8-14H2,1H3,(H,21,26)(H,24,25). The molecule has 2 amide bonds. The van der Waals surface area contributed by atoms with E-state index in [0.717, 1.165) is 45.3 Å². The third-order valence-corrected chi connectivity index (χ3v) is 5.75. The second kappa shape index (κ2) is 8.54. The van der Waals surface area contributed by atoms with Crippen molar-refractivity contribution >= 4 is 12.0 Å². The molecule has 2 N–H and O–H groups in total. The van der Waals surface area contributed by atoms with E-state index in [4.69, 9.17) is 5.11 Å². The molecule has 142 valence electrons. The molecule has 0 atom stereocenters. The van der Waals surface area contributed by atoms with E-state index >= 15 is 0 Å². The van der Waals surface area contributed by atoms with Gasteiger partial charge in [-0.05, 0) is 43.7 Å². The fourth-order valence-electron chi connectivity index (χ4n) is 4.08. The minimum Gasteiger partial charge on any atom is -0.480 e. The molecular weight excluding hydrogens is 330 g/mol. The first-order valence-electron chi connectivity index (χ1n) is 9.63. The predicted octanol–water partition coefficient (Wildman–Crippen LogP) is 2.51. The zero-order valence-corrected chi connectivity index (χ0v) is 15.4. The normalized spacial score (nSPS) is 23.5. The third-order valence-electron chi connectivity index (χ3n) is 5.75. The minimum atomic E-state index is -0.791. The van der Waals surface area contributed by atoms with Crippen molar-refractivity contribution < 1.29 is 14.7 Å². The Morgan fingerprint density at radius 2 is 1.85 bits per heavy atom. The SMILES string of the molecule is CCN(CC(=O)O)C1CC(NC(=O)N2CCC(c3ccccc3)CC2)C1. The molecule has 1 saturated heterocycles. The molecule has 2 aliphatic rings. The molecule has 6 nitrogen and oxygen atoms in total. The quantitative estimate of drug-likeness (QED) is 0.819. The van der Waals surface area contributed by atoms with E-state index in [-0.39, 0.29) is 24.7 Å². The Bertz CT molecular complexity index is 608. The smallest absolute Gasteiger partial charge is 0.317 e. The number of carboxylic acids is 1. The van der Waals surface area contributed by atoms with E-state index < -0.39 is 5.97 Å². The number of hydrogen-bond acceptors (Lipinski definition) is 3. The average molecular weight is 359 g/mol. The summed E-state index contributed by atoms with van der Waals surface area (Å²) in [6.07, 6.45) is 3.70. The average Bonchev–Trinajstić information content (AvgIpc) is 2.63. The Kier molecular flexibility index (Phi) is 6.14. The fraction of sp³-hybridized carbons (Fsp3) is 0.600. The minimum absolute atomic E-state index is 0.0289. The summed E-state index contributed by atoms with van der Waals surface area (Å²) in [5, 5.41) is 12.1. The Hall–Kier alpha value is -2.08. The maximum atomic E-state index is 12.5. The van der Waals surface area contributed by atoms with E-state index in [1.54, 1.807) is 0 Å². The highest BCUT2D eigenvalue weighted by atomic mass is 16.4. The van der Waals surface area contributed by atoms with Crippen LogP contribution in [0, 0.1) is 0 Å². The zero-order chi connectivity index (χ0) is 18.5. The highest BCUT2D eigenvalue weighted by Gasteiger charge is 2.35. The lowest BCUT2D eigenvalue weighted by Gasteiger charge is -2.43. The van der Waals surface area contributed by atoms with Gasteiger partial charge in [-0.3, -0.25) is 9.69 Å². The first-order chi connectivity index (χ1) is 12.6. The van der Waals surface area contributed by atoms with Gasteiger partial charge in [-0.1, -0.05) is 37.3 Å². The van der Waals surface area contributed by atoms with Gasteiger partial charge in [0.2, 0.25) is 0 Å². The Morgan fingerprint density at radius 3 is 2.42 bits per heavy atom. The number of carbonyl (C=O) groups excluding carboxylic acids is 1. The van der Waals surface area contributed by atoms with Gasteiger partial charge in [0.1, 0.15) is 0 Å². The number of likely N-dealkylation sites (N-methyl/N-ethyl adjacent to an activating group) is 1. The van der Waals surface area contributed by atoms with Crippen LogP contribution in [-0.2, 0) is 4.79 Å². The van der Waals surface area contributed by atoms with E-state index in [2.05, 4.69) is 29.6 Å². The first kappa shape index (κ1) is 18.7. The second-order valence-electron chi connectivity index (χ2n) is 7.40. The van der Waals surface area contributed by atoms with E-state index in [1.165, 1.54) is 5.56 Å². The van der Waals surface area contributed by atoms with Gasteiger partial charge >= 0.3 is 12.0 Å². The molecule has 1 aromatic carbocycles. The largest absolute Gasteiger partial charge is 0.480 e. The van der Waals surface area contributed by atoms with Gasteiger partial charge in [0.25, 0.3) is 0 Å². The van der Waals surface area contributed by atoms with Crippen LogP contribution in [0.25, 0.3) is 0 Å². The zero-order valence-electron chi connectivity index (χ0n) is 15.4. The summed E-state index contributed by atoms with van der Waals surface area (Å²) < 4.78 is 0. The Morgan fingerprint density at radius 1 is 1.19 bits per heavy atom. The van der Waals surface area contributed by atoms with Gasteiger partial charge in [0, 0.05) is 25.2 Å². The second-order valence-corrected chi connectivity index (χ2v) is 7.40. The number of likely N-dealkylation sites (tertiary alicyclic amines) is 1. The number of amides is 2. The van der Waals surface area contributed by atoms with Gasteiger partial charge in [-0.25, -0.2) is 4.79 Å². The van der Waals surface area contributed by atoms with Crippen LogP contribution < -0.4 is 5.32 Å². The number of aliphatic carboxylic acids is 1. The van der Waals surface area contributed by atoms with Crippen molar-refractivity contribution in [2.24, 2.45) is 0 Å². The van der Waals surface area contributed by atoms with Crippen molar-refractivity contribution in [3.8, 4) is 0 Å². The Labute approximate surface area is 155 Å².